The number of amides is 2. The van der Waals surface area contributed by atoms with Crippen LogP contribution < -0.4 is 5.43 Å². The van der Waals surface area contributed by atoms with E-state index in [0.717, 1.165) is 11.1 Å². The number of furan rings is 1. The first kappa shape index (κ1) is 26.9. The van der Waals surface area contributed by atoms with Crippen LogP contribution >= 0.6 is 12.2 Å². The van der Waals surface area contributed by atoms with Gasteiger partial charge in [-0.2, -0.15) is 5.10 Å². The molecule has 9 heteroatoms. The molecule has 0 aliphatic carbocycles. The van der Waals surface area contributed by atoms with E-state index in [1.807, 2.05) is 60.7 Å². The number of hydrazone groups is 1. The maximum Gasteiger partial charge on any atom is 2.00 e. The molecule has 0 fully saturated rings. The zero-order valence-electron chi connectivity index (χ0n) is 20.1. The van der Waals surface area contributed by atoms with Crippen LogP contribution in [0.2, 0.25) is 0 Å². The van der Waals surface area contributed by atoms with Crippen LogP contribution in [-0.4, -0.2) is 33.1 Å². The third kappa shape index (κ3) is 4.99. The molecular weight excluding hydrogens is 545 g/mol. The van der Waals surface area contributed by atoms with Crippen molar-refractivity contribution in [2.45, 2.75) is 13.0 Å². The fourth-order valence-corrected chi connectivity index (χ4v) is 4.63. The SMILES string of the molecule is CC(=O)C(=NNc1cccc2c1C(=O)N(C(c1ccccc1)c1ccccc1)C2=O)C(=S)c1ccco1.[Ni+2]. The van der Waals surface area contributed by atoms with Crippen LogP contribution in [0.4, 0.5) is 5.69 Å². The van der Waals surface area contributed by atoms with Crippen molar-refractivity contribution in [3.63, 3.8) is 0 Å². The Morgan fingerprint density at radius 2 is 1.50 bits per heavy atom. The number of benzene rings is 3. The summed E-state index contributed by atoms with van der Waals surface area (Å²) in [6.07, 6.45) is 1.45. The number of nitrogens with one attached hydrogen (secondary N) is 1. The van der Waals surface area contributed by atoms with E-state index in [4.69, 9.17) is 16.6 Å². The number of ketones is 1. The molecule has 1 aromatic heterocycles. The minimum Gasteiger partial charge on any atom is -0.463 e. The van der Waals surface area contributed by atoms with E-state index < -0.39 is 17.9 Å². The zero-order valence-corrected chi connectivity index (χ0v) is 21.9. The van der Waals surface area contributed by atoms with Crippen molar-refractivity contribution in [2.24, 2.45) is 5.10 Å². The van der Waals surface area contributed by atoms with Gasteiger partial charge in [0.15, 0.2) is 5.78 Å². The Kier molecular flexibility index (Phi) is 8.10. The first-order chi connectivity index (χ1) is 18.0. The summed E-state index contributed by atoms with van der Waals surface area (Å²) in [6.45, 7) is 1.34. The smallest absolute Gasteiger partial charge is 0.463 e. The summed E-state index contributed by atoms with van der Waals surface area (Å²) in [7, 11) is 0. The van der Waals surface area contributed by atoms with Crippen LogP contribution in [0.5, 0.6) is 0 Å². The van der Waals surface area contributed by atoms with Gasteiger partial charge in [0.1, 0.15) is 16.3 Å². The topological polar surface area (TPSA) is 92.0 Å². The van der Waals surface area contributed by atoms with Gasteiger partial charge >= 0.3 is 16.5 Å². The molecule has 7 nitrogen and oxygen atoms in total. The van der Waals surface area contributed by atoms with Gasteiger partial charge in [-0.05, 0) is 35.4 Å². The fourth-order valence-electron chi connectivity index (χ4n) is 4.32. The van der Waals surface area contributed by atoms with Gasteiger partial charge in [0.25, 0.3) is 11.8 Å². The molecule has 5 rings (SSSR count). The van der Waals surface area contributed by atoms with E-state index in [2.05, 4.69) is 10.5 Å². The first-order valence-electron chi connectivity index (χ1n) is 11.5. The van der Waals surface area contributed by atoms with Gasteiger partial charge in [0.05, 0.1) is 29.1 Å². The average Bonchev–Trinajstić information content (AvgIpc) is 3.54. The minimum absolute atomic E-state index is 0. The number of fused-ring (bicyclic) bond motifs is 1. The number of carbonyl (C=O) groups excluding carboxylic acids is 3. The van der Waals surface area contributed by atoms with Gasteiger partial charge in [-0.3, -0.25) is 24.7 Å². The second kappa shape index (κ2) is 11.5. The van der Waals surface area contributed by atoms with Crippen LogP contribution in [0.15, 0.2) is 107 Å². The van der Waals surface area contributed by atoms with Crippen molar-refractivity contribution >= 4 is 46.1 Å². The molecule has 0 unspecified atom stereocenters. The Labute approximate surface area is 234 Å². The number of imide groups is 1. The summed E-state index contributed by atoms with van der Waals surface area (Å²) in [6, 6.07) is 26.4. The Balaban J connectivity index is 0.00000336. The van der Waals surface area contributed by atoms with Gasteiger partial charge in [0.2, 0.25) is 0 Å². The average molecular weight is 566 g/mol. The van der Waals surface area contributed by atoms with Crippen LogP contribution in [0.1, 0.15) is 50.6 Å². The second-order valence-corrected chi connectivity index (χ2v) is 8.78. The van der Waals surface area contributed by atoms with Crippen molar-refractivity contribution in [3.8, 4) is 0 Å². The van der Waals surface area contributed by atoms with E-state index in [1.54, 1.807) is 30.3 Å². The molecule has 38 heavy (non-hydrogen) atoms. The summed E-state index contributed by atoms with van der Waals surface area (Å²) in [5.41, 5.74) is 5.10. The van der Waals surface area contributed by atoms with Crippen LogP contribution in [0.25, 0.3) is 0 Å². The van der Waals surface area contributed by atoms with Crippen molar-refractivity contribution in [1.82, 2.24) is 4.90 Å². The molecular formula is C29H21N3NiO4S+2. The number of Topliss-reactive ketones (excluding diaryl/α,β-unsaturated/α-hetero) is 1. The predicted octanol–water partition coefficient (Wildman–Crippen LogP) is 5.44. The van der Waals surface area contributed by atoms with Gasteiger partial charge < -0.3 is 4.42 Å². The van der Waals surface area contributed by atoms with Crippen LogP contribution in [0.3, 0.4) is 0 Å². The molecule has 1 aliphatic rings. The molecule has 1 N–H and O–H groups in total. The summed E-state index contributed by atoms with van der Waals surface area (Å²) in [5, 5.41) is 4.21. The number of nitrogens with zero attached hydrogens (tertiary/aromatic N) is 2. The maximum atomic E-state index is 13.8. The Morgan fingerprint density at radius 1 is 0.868 bits per heavy atom. The molecule has 0 radical (unpaired) electrons. The van der Waals surface area contributed by atoms with Gasteiger partial charge in [-0.1, -0.05) is 78.9 Å². The van der Waals surface area contributed by atoms with E-state index in [9.17, 15) is 14.4 Å². The number of rotatable bonds is 8. The molecule has 0 atom stereocenters. The van der Waals surface area contributed by atoms with E-state index >= 15 is 0 Å². The van der Waals surface area contributed by atoms with Gasteiger partial charge in [-0.15, -0.1) is 0 Å². The van der Waals surface area contributed by atoms with E-state index in [1.165, 1.54) is 18.1 Å². The molecule has 0 bridgehead atoms. The number of anilines is 1. The predicted molar refractivity (Wildman–Crippen MR) is 144 cm³/mol. The maximum absolute atomic E-state index is 13.8. The van der Waals surface area contributed by atoms with Gasteiger partial charge in [-0.25, -0.2) is 0 Å². The molecule has 0 saturated heterocycles. The quantitative estimate of drug-likeness (QED) is 0.0764. The van der Waals surface area contributed by atoms with Crippen molar-refractivity contribution in [1.29, 1.82) is 0 Å². The molecule has 0 spiro atoms. The summed E-state index contributed by atoms with van der Waals surface area (Å²) in [4.78, 5) is 41.1. The number of hydrogen-bond donors (Lipinski definition) is 1. The number of hydrogen-bond acceptors (Lipinski definition) is 7. The van der Waals surface area contributed by atoms with Crippen molar-refractivity contribution in [3.05, 3.63) is 125 Å². The molecule has 2 amide bonds. The molecule has 1 aliphatic heterocycles. The minimum atomic E-state index is -0.620. The molecule has 3 aromatic carbocycles. The standard InChI is InChI=1S/C29H21N3O4S.Ni/c1-18(33)25(27(37)23-16-9-17-36-23)31-30-22-15-8-14-21-24(22)29(35)32(28(21)34)26(19-10-4-2-5-11-19)20-12-6-3-7-13-20;/h2-17,26,30H,1H3;/q;+2. The first-order valence-corrected chi connectivity index (χ1v) is 11.9. The summed E-state index contributed by atoms with van der Waals surface area (Å²) >= 11 is 5.38. The number of thiocarbonyl (C=S) groups is 1. The fraction of sp³-hybridized carbons (Fsp3) is 0.0690. The Morgan fingerprint density at radius 3 is 2.05 bits per heavy atom. The normalized spacial score (nSPS) is 12.8. The second-order valence-electron chi connectivity index (χ2n) is 8.37. The van der Waals surface area contributed by atoms with Crippen molar-refractivity contribution in [2.75, 3.05) is 5.43 Å². The largest absolute Gasteiger partial charge is 2.00 e. The number of carbonyl (C=O) groups is 3. The van der Waals surface area contributed by atoms with Crippen LogP contribution in [0, 0.1) is 0 Å². The molecule has 190 valence electrons. The third-order valence-corrected chi connectivity index (χ3v) is 6.41. The monoisotopic (exact) mass is 565 g/mol. The molecule has 4 aromatic rings. The van der Waals surface area contributed by atoms with Crippen LogP contribution in [-0.2, 0) is 21.3 Å². The Bertz CT molecular complexity index is 1500. The van der Waals surface area contributed by atoms with E-state index in [0.29, 0.717) is 11.4 Å². The molecule has 2 heterocycles. The van der Waals surface area contributed by atoms with E-state index in [-0.39, 0.29) is 44.0 Å². The zero-order chi connectivity index (χ0) is 25.9. The third-order valence-electron chi connectivity index (χ3n) is 6.02. The Hall–Kier alpha value is -4.20. The van der Waals surface area contributed by atoms with Gasteiger partial charge in [0, 0.05) is 6.92 Å². The summed E-state index contributed by atoms with van der Waals surface area (Å²) in [5.74, 6) is -0.925. The van der Waals surface area contributed by atoms with Crippen molar-refractivity contribution < 1.29 is 35.3 Å². The molecule has 0 saturated carbocycles. The summed E-state index contributed by atoms with van der Waals surface area (Å²) < 4.78 is 5.30.